The molecule has 0 radical (unpaired) electrons. The minimum absolute atomic E-state index is 1.10. The number of nitrogens with zero attached hydrogens (tertiary/aromatic N) is 1. The van der Waals surface area contributed by atoms with Crippen LogP contribution in [0.3, 0.4) is 0 Å². The Morgan fingerprint density at radius 1 is 0.952 bits per heavy atom. The summed E-state index contributed by atoms with van der Waals surface area (Å²) >= 11 is 0. The van der Waals surface area contributed by atoms with Crippen LogP contribution in [0.4, 0.5) is 17.1 Å². The lowest BCUT2D eigenvalue weighted by atomic mass is 9.97. The molecule has 21 heavy (non-hydrogen) atoms. The molecule has 108 valence electrons. The van der Waals surface area contributed by atoms with Crippen molar-refractivity contribution in [2.24, 2.45) is 0 Å². The number of rotatable bonds is 1. The van der Waals surface area contributed by atoms with Gasteiger partial charge in [0, 0.05) is 18.8 Å². The maximum Gasteiger partial charge on any atom is 0.0649 e. The third-order valence-corrected chi connectivity index (χ3v) is 4.70. The predicted octanol–water partition coefficient (Wildman–Crippen LogP) is 4.44. The molecule has 0 atom stereocenters. The Hall–Kier alpha value is -1.96. The summed E-state index contributed by atoms with van der Waals surface area (Å²) in [5, 5.41) is 3.63. The van der Waals surface area contributed by atoms with Gasteiger partial charge < -0.3 is 10.2 Å². The zero-order chi connectivity index (χ0) is 14.2. The van der Waals surface area contributed by atoms with E-state index in [4.69, 9.17) is 0 Å². The molecule has 0 saturated heterocycles. The molecule has 2 aliphatic rings. The lowest BCUT2D eigenvalue weighted by molar-refractivity contribution is 0.762. The van der Waals surface area contributed by atoms with E-state index < -0.39 is 0 Å². The van der Waals surface area contributed by atoms with Crippen molar-refractivity contribution in [2.45, 2.75) is 32.6 Å². The van der Waals surface area contributed by atoms with Gasteiger partial charge in [-0.2, -0.15) is 0 Å². The Balaban J connectivity index is 1.82. The third-order valence-electron chi connectivity index (χ3n) is 4.70. The predicted molar refractivity (Wildman–Crippen MR) is 89.8 cm³/mol. The van der Waals surface area contributed by atoms with Gasteiger partial charge in [-0.15, -0.1) is 0 Å². The average Bonchev–Trinajstić information content (AvgIpc) is 2.53. The second-order valence-corrected chi connectivity index (χ2v) is 6.23. The molecule has 0 fully saturated rings. The van der Waals surface area contributed by atoms with Crippen LogP contribution in [-0.4, -0.2) is 13.1 Å². The lowest BCUT2D eigenvalue weighted by Crippen LogP contribution is -2.26. The molecule has 2 heterocycles. The molecule has 2 aromatic carbocycles. The first-order valence-electron chi connectivity index (χ1n) is 8.06. The Morgan fingerprint density at radius 3 is 2.81 bits per heavy atom. The van der Waals surface area contributed by atoms with Crippen molar-refractivity contribution < 1.29 is 0 Å². The molecule has 4 rings (SSSR count). The second-order valence-electron chi connectivity index (χ2n) is 6.23. The minimum atomic E-state index is 1.10. The van der Waals surface area contributed by atoms with E-state index >= 15 is 0 Å². The van der Waals surface area contributed by atoms with Gasteiger partial charge in [0.1, 0.15) is 0 Å². The van der Waals surface area contributed by atoms with E-state index in [0.717, 1.165) is 13.1 Å². The largest absolute Gasteiger partial charge is 0.383 e. The average molecular weight is 278 g/mol. The summed E-state index contributed by atoms with van der Waals surface area (Å²) in [6, 6.07) is 13.6. The van der Waals surface area contributed by atoms with Crippen LogP contribution in [0.2, 0.25) is 0 Å². The van der Waals surface area contributed by atoms with E-state index in [1.54, 1.807) is 0 Å². The maximum absolute atomic E-state index is 3.63. The van der Waals surface area contributed by atoms with Crippen molar-refractivity contribution in [3.8, 4) is 0 Å². The molecule has 2 nitrogen and oxygen atoms in total. The molecule has 0 aromatic heterocycles. The van der Waals surface area contributed by atoms with Crippen molar-refractivity contribution in [1.29, 1.82) is 0 Å². The smallest absolute Gasteiger partial charge is 0.0649 e. The number of nitrogens with one attached hydrogen (secondary N) is 1. The third kappa shape index (κ3) is 2.19. The van der Waals surface area contributed by atoms with E-state index in [0.29, 0.717) is 0 Å². The molecule has 0 unspecified atom stereocenters. The van der Waals surface area contributed by atoms with Crippen LogP contribution in [0, 0.1) is 6.92 Å². The summed E-state index contributed by atoms with van der Waals surface area (Å²) in [5.74, 6) is 0. The summed E-state index contributed by atoms with van der Waals surface area (Å²) < 4.78 is 0. The van der Waals surface area contributed by atoms with Crippen molar-refractivity contribution in [3.63, 3.8) is 0 Å². The van der Waals surface area contributed by atoms with Gasteiger partial charge >= 0.3 is 0 Å². The molecule has 0 bridgehead atoms. The number of para-hydroxylation sites is 1. The van der Waals surface area contributed by atoms with Gasteiger partial charge in [-0.1, -0.05) is 29.8 Å². The van der Waals surface area contributed by atoms with E-state index in [2.05, 4.69) is 53.5 Å². The van der Waals surface area contributed by atoms with Gasteiger partial charge in [-0.3, -0.25) is 0 Å². The van der Waals surface area contributed by atoms with Crippen LogP contribution in [0.5, 0.6) is 0 Å². The fourth-order valence-corrected chi connectivity index (χ4v) is 3.69. The van der Waals surface area contributed by atoms with Gasteiger partial charge in [-0.25, -0.2) is 0 Å². The molecule has 0 aliphatic carbocycles. The topological polar surface area (TPSA) is 15.3 Å². The van der Waals surface area contributed by atoms with Crippen LogP contribution in [-0.2, 0) is 12.8 Å². The Bertz CT molecular complexity index is 675. The number of aryl methyl sites for hydroxylation is 3. The lowest BCUT2D eigenvalue weighted by Gasteiger charge is -2.34. The zero-order valence-electron chi connectivity index (χ0n) is 12.7. The molecule has 0 spiro atoms. The van der Waals surface area contributed by atoms with Crippen molar-refractivity contribution >= 4 is 17.1 Å². The quantitative estimate of drug-likeness (QED) is 0.829. The van der Waals surface area contributed by atoms with Crippen LogP contribution in [0.25, 0.3) is 0 Å². The molecular formula is C19H22N2. The number of benzene rings is 2. The highest BCUT2D eigenvalue weighted by molar-refractivity contribution is 5.81. The standard InChI is InChI=1S/C19H22N2/c1-14-9-10-17-16(13-14)7-4-12-21(17)18-8-2-5-15-6-3-11-20-19(15)18/h2,5,8-10,13,20H,3-4,6-7,11-12H2,1H3. The van der Waals surface area contributed by atoms with E-state index in [1.807, 2.05) is 0 Å². The summed E-state index contributed by atoms with van der Waals surface area (Å²) in [7, 11) is 0. The van der Waals surface area contributed by atoms with Gasteiger partial charge in [0.2, 0.25) is 0 Å². The van der Waals surface area contributed by atoms with E-state index in [1.165, 1.54) is 59.4 Å². The molecule has 0 saturated carbocycles. The monoisotopic (exact) mass is 278 g/mol. The fraction of sp³-hybridized carbons (Fsp3) is 0.368. The Labute approximate surface area is 126 Å². The van der Waals surface area contributed by atoms with Crippen LogP contribution in [0.15, 0.2) is 36.4 Å². The Kier molecular flexibility index (Phi) is 3.10. The normalized spacial score (nSPS) is 16.9. The van der Waals surface area contributed by atoms with Crippen LogP contribution < -0.4 is 10.2 Å². The maximum atomic E-state index is 3.63. The van der Waals surface area contributed by atoms with Crippen molar-refractivity contribution in [2.75, 3.05) is 23.3 Å². The van der Waals surface area contributed by atoms with Gasteiger partial charge in [0.25, 0.3) is 0 Å². The number of anilines is 3. The molecule has 2 aromatic rings. The van der Waals surface area contributed by atoms with E-state index in [-0.39, 0.29) is 0 Å². The summed E-state index contributed by atoms with van der Waals surface area (Å²) in [6.45, 7) is 4.40. The number of fused-ring (bicyclic) bond motifs is 2. The van der Waals surface area contributed by atoms with Gasteiger partial charge in [0.15, 0.2) is 0 Å². The highest BCUT2D eigenvalue weighted by atomic mass is 15.2. The second kappa shape index (κ2) is 5.10. The summed E-state index contributed by atoms with van der Waals surface area (Å²) in [6.07, 6.45) is 4.88. The highest BCUT2D eigenvalue weighted by Crippen LogP contribution is 2.40. The molecule has 1 N–H and O–H groups in total. The van der Waals surface area contributed by atoms with Crippen molar-refractivity contribution in [1.82, 2.24) is 0 Å². The van der Waals surface area contributed by atoms with Crippen LogP contribution in [0.1, 0.15) is 29.5 Å². The molecule has 0 amide bonds. The fourth-order valence-electron chi connectivity index (χ4n) is 3.69. The highest BCUT2D eigenvalue weighted by Gasteiger charge is 2.22. The zero-order valence-corrected chi connectivity index (χ0v) is 12.7. The molecular weight excluding hydrogens is 256 g/mol. The number of hydrogen-bond acceptors (Lipinski definition) is 2. The molecule has 2 heteroatoms. The SMILES string of the molecule is Cc1ccc2c(c1)CCCN2c1cccc2c1NCCC2. The Morgan fingerprint density at radius 2 is 1.86 bits per heavy atom. The van der Waals surface area contributed by atoms with Gasteiger partial charge in [0.05, 0.1) is 11.4 Å². The summed E-state index contributed by atoms with van der Waals surface area (Å²) in [5.41, 5.74) is 8.44. The minimum Gasteiger partial charge on any atom is -0.383 e. The van der Waals surface area contributed by atoms with Crippen LogP contribution >= 0.6 is 0 Å². The van der Waals surface area contributed by atoms with Crippen molar-refractivity contribution in [3.05, 3.63) is 53.1 Å². The molecule has 2 aliphatic heterocycles. The number of hydrogen-bond donors (Lipinski definition) is 1. The van der Waals surface area contributed by atoms with E-state index in [9.17, 15) is 0 Å². The first kappa shape index (κ1) is 12.8. The first-order valence-corrected chi connectivity index (χ1v) is 8.06. The first-order chi connectivity index (χ1) is 10.3. The van der Waals surface area contributed by atoms with Gasteiger partial charge in [-0.05, 0) is 55.9 Å². The summed E-state index contributed by atoms with van der Waals surface area (Å²) in [4.78, 5) is 2.51.